The summed E-state index contributed by atoms with van der Waals surface area (Å²) in [4.78, 5) is 27.5. The van der Waals surface area contributed by atoms with Gasteiger partial charge in [0.15, 0.2) is 0 Å². The molecule has 1 heterocycles. The van der Waals surface area contributed by atoms with Gasteiger partial charge in [-0.15, -0.1) is 0 Å². The number of aliphatic hydroxyl groups excluding tert-OH is 1. The number of hydrogen-bond acceptors (Lipinski definition) is 5. The number of carbonyl (C=O) groups excluding carboxylic acids is 2. The number of methoxy groups -OCH3 is 1. The summed E-state index contributed by atoms with van der Waals surface area (Å²) in [6, 6.07) is 21.9. The molecule has 0 bridgehead atoms. The van der Waals surface area contributed by atoms with Crippen molar-refractivity contribution in [2.75, 3.05) is 13.7 Å². The van der Waals surface area contributed by atoms with Gasteiger partial charge in [-0.2, -0.15) is 0 Å². The van der Waals surface area contributed by atoms with E-state index in [1.807, 2.05) is 30.3 Å². The van der Waals surface area contributed by atoms with E-state index < -0.39 is 17.7 Å². The minimum atomic E-state index is -0.763. The molecule has 32 heavy (non-hydrogen) atoms. The lowest BCUT2D eigenvalue weighted by atomic mass is 9.95. The number of rotatable bonds is 6. The number of hydrogen-bond donors (Lipinski definition) is 2. The van der Waals surface area contributed by atoms with Gasteiger partial charge in [0.05, 0.1) is 18.7 Å². The van der Waals surface area contributed by atoms with E-state index in [9.17, 15) is 19.8 Å². The summed E-state index contributed by atoms with van der Waals surface area (Å²) in [7, 11) is 1.54. The van der Waals surface area contributed by atoms with Gasteiger partial charge >= 0.3 is 0 Å². The van der Waals surface area contributed by atoms with Gasteiger partial charge in [-0.25, -0.2) is 0 Å². The minimum Gasteiger partial charge on any atom is -0.508 e. The first kappa shape index (κ1) is 21.2. The maximum atomic E-state index is 13.0. The van der Waals surface area contributed by atoms with E-state index >= 15 is 0 Å². The number of amides is 1. The summed E-state index contributed by atoms with van der Waals surface area (Å²) in [5.74, 6) is -0.949. The van der Waals surface area contributed by atoms with Crippen LogP contribution in [0.4, 0.5) is 0 Å². The Kier molecular flexibility index (Phi) is 5.94. The average Bonchev–Trinajstić information content (AvgIpc) is 3.08. The van der Waals surface area contributed by atoms with E-state index in [4.69, 9.17) is 4.74 Å². The molecule has 3 aromatic rings. The second-order valence-electron chi connectivity index (χ2n) is 7.55. The van der Waals surface area contributed by atoms with Gasteiger partial charge in [0, 0.05) is 12.1 Å². The molecule has 1 fully saturated rings. The molecule has 1 unspecified atom stereocenters. The first-order valence-corrected chi connectivity index (χ1v) is 10.3. The van der Waals surface area contributed by atoms with Crippen molar-refractivity contribution in [2.24, 2.45) is 0 Å². The number of Topliss-reactive ketones (excluding diaryl/α,β-unsaturated/α-hetero) is 1. The van der Waals surface area contributed by atoms with Crippen molar-refractivity contribution in [1.29, 1.82) is 0 Å². The number of nitrogens with zero attached hydrogens (tertiary/aromatic N) is 1. The Morgan fingerprint density at radius 1 is 0.938 bits per heavy atom. The highest BCUT2D eigenvalue weighted by Crippen LogP contribution is 2.40. The number of ether oxygens (including phenoxy) is 1. The molecular formula is C26H23NO5. The second kappa shape index (κ2) is 8.98. The highest BCUT2D eigenvalue weighted by Gasteiger charge is 2.45. The number of phenolic OH excluding ortho intramolecular Hbond substituents is 1. The zero-order chi connectivity index (χ0) is 22.7. The van der Waals surface area contributed by atoms with Gasteiger partial charge in [-0.1, -0.05) is 42.5 Å². The summed E-state index contributed by atoms with van der Waals surface area (Å²) in [6.07, 6.45) is 0.561. The van der Waals surface area contributed by atoms with Crippen LogP contribution in [0.2, 0.25) is 0 Å². The fourth-order valence-electron chi connectivity index (χ4n) is 3.91. The summed E-state index contributed by atoms with van der Waals surface area (Å²) < 4.78 is 5.15. The lowest BCUT2D eigenvalue weighted by Gasteiger charge is -2.25. The Morgan fingerprint density at radius 3 is 2.22 bits per heavy atom. The third-order valence-corrected chi connectivity index (χ3v) is 5.60. The van der Waals surface area contributed by atoms with Crippen LogP contribution in [0, 0.1) is 0 Å². The number of likely N-dealkylation sites (tertiary alicyclic amines) is 1. The molecule has 4 rings (SSSR count). The fraction of sp³-hybridized carbons (Fsp3) is 0.154. The van der Waals surface area contributed by atoms with Gasteiger partial charge in [0.25, 0.3) is 11.7 Å². The van der Waals surface area contributed by atoms with Crippen LogP contribution in [0.3, 0.4) is 0 Å². The van der Waals surface area contributed by atoms with Crippen LogP contribution in [0.5, 0.6) is 11.5 Å². The Balaban J connectivity index is 1.77. The summed E-state index contributed by atoms with van der Waals surface area (Å²) in [5.41, 5.74) is 2.11. The van der Waals surface area contributed by atoms with Crippen molar-refractivity contribution < 1.29 is 24.5 Å². The van der Waals surface area contributed by atoms with Gasteiger partial charge in [0.1, 0.15) is 17.3 Å². The molecule has 3 aromatic carbocycles. The van der Waals surface area contributed by atoms with Gasteiger partial charge in [0.2, 0.25) is 0 Å². The maximum Gasteiger partial charge on any atom is 0.295 e. The highest BCUT2D eigenvalue weighted by molar-refractivity contribution is 6.46. The predicted octanol–water partition coefficient (Wildman–Crippen LogP) is 4.07. The maximum absolute atomic E-state index is 13.0. The summed E-state index contributed by atoms with van der Waals surface area (Å²) >= 11 is 0. The second-order valence-corrected chi connectivity index (χ2v) is 7.55. The molecule has 6 heteroatoms. The molecule has 0 radical (unpaired) electrons. The van der Waals surface area contributed by atoms with Crippen molar-refractivity contribution in [1.82, 2.24) is 4.90 Å². The Bertz CT molecular complexity index is 1150. The lowest BCUT2D eigenvalue weighted by Crippen LogP contribution is -2.31. The van der Waals surface area contributed by atoms with Crippen LogP contribution in [0.1, 0.15) is 22.7 Å². The Hall–Kier alpha value is -4.06. The summed E-state index contributed by atoms with van der Waals surface area (Å²) in [5, 5.41) is 20.8. The number of phenols is 1. The van der Waals surface area contributed by atoms with Crippen molar-refractivity contribution in [3.63, 3.8) is 0 Å². The van der Waals surface area contributed by atoms with E-state index in [0.29, 0.717) is 29.8 Å². The normalized spacial score (nSPS) is 17.5. The number of aliphatic hydroxyl groups is 1. The Morgan fingerprint density at radius 2 is 1.59 bits per heavy atom. The third-order valence-electron chi connectivity index (χ3n) is 5.60. The molecule has 6 nitrogen and oxygen atoms in total. The molecule has 0 saturated carbocycles. The number of ketones is 1. The summed E-state index contributed by atoms with van der Waals surface area (Å²) in [6.45, 7) is 0.305. The molecule has 1 amide bonds. The molecule has 162 valence electrons. The SMILES string of the molecule is COc1ccc(/C(O)=C2\C(=O)C(=O)N(CCc3ccccc3)C2c2ccc(O)cc2)cc1. The van der Waals surface area contributed by atoms with Gasteiger partial charge in [-0.05, 0) is 53.9 Å². The minimum absolute atomic E-state index is 0.0268. The fourth-order valence-corrected chi connectivity index (χ4v) is 3.91. The first-order chi connectivity index (χ1) is 15.5. The van der Waals surface area contributed by atoms with Crippen molar-refractivity contribution in [3.05, 3.63) is 101 Å². The van der Waals surface area contributed by atoms with Crippen molar-refractivity contribution >= 4 is 17.4 Å². The van der Waals surface area contributed by atoms with Crippen LogP contribution < -0.4 is 4.74 Å². The van der Waals surface area contributed by atoms with E-state index in [-0.39, 0.29) is 17.1 Å². The molecule has 2 N–H and O–H groups in total. The number of carbonyl (C=O) groups is 2. The van der Waals surface area contributed by atoms with E-state index in [2.05, 4.69) is 0 Å². The molecule has 0 aliphatic carbocycles. The number of aromatic hydroxyl groups is 1. The van der Waals surface area contributed by atoms with Gasteiger partial charge in [-0.3, -0.25) is 9.59 Å². The molecule has 1 aliphatic rings. The van der Waals surface area contributed by atoms with E-state index in [1.165, 1.54) is 24.1 Å². The standard InChI is InChI=1S/C26H23NO5/c1-32-21-13-9-19(10-14-21)24(29)22-23(18-7-11-20(28)12-8-18)27(26(31)25(22)30)16-15-17-5-3-2-4-6-17/h2-14,23,28-29H,15-16H2,1H3/b24-22+. The monoisotopic (exact) mass is 429 g/mol. The van der Waals surface area contributed by atoms with E-state index in [1.54, 1.807) is 36.4 Å². The molecule has 1 aliphatic heterocycles. The molecule has 0 spiro atoms. The molecule has 0 aromatic heterocycles. The van der Waals surface area contributed by atoms with Crippen LogP contribution in [-0.4, -0.2) is 40.5 Å². The molecule has 1 atom stereocenters. The quantitative estimate of drug-likeness (QED) is 0.351. The molecule has 1 saturated heterocycles. The van der Waals surface area contributed by atoms with Gasteiger partial charge < -0.3 is 19.8 Å². The van der Waals surface area contributed by atoms with E-state index in [0.717, 1.165) is 5.56 Å². The van der Waals surface area contributed by atoms with Crippen LogP contribution in [-0.2, 0) is 16.0 Å². The topological polar surface area (TPSA) is 87.1 Å². The van der Waals surface area contributed by atoms with Crippen molar-refractivity contribution in [3.8, 4) is 11.5 Å². The largest absolute Gasteiger partial charge is 0.508 e. The zero-order valence-corrected chi connectivity index (χ0v) is 17.6. The van der Waals surface area contributed by atoms with Crippen molar-refractivity contribution in [2.45, 2.75) is 12.5 Å². The average molecular weight is 429 g/mol. The highest BCUT2D eigenvalue weighted by atomic mass is 16.5. The number of benzene rings is 3. The van der Waals surface area contributed by atoms with Crippen LogP contribution in [0.25, 0.3) is 5.76 Å². The van der Waals surface area contributed by atoms with Crippen LogP contribution in [0.15, 0.2) is 84.4 Å². The smallest absolute Gasteiger partial charge is 0.295 e. The Labute approximate surface area is 186 Å². The molecular weight excluding hydrogens is 406 g/mol. The third kappa shape index (κ3) is 4.07. The first-order valence-electron chi connectivity index (χ1n) is 10.3. The lowest BCUT2D eigenvalue weighted by molar-refractivity contribution is -0.139. The zero-order valence-electron chi connectivity index (χ0n) is 17.6. The predicted molar refractivity (Wildman–Crippen MR) is 120 cm³/mol. The van der Waals surface area contributed by atoms with Crippen LogP contribution >= 0.6 is 0 Å².